The highest BCUT2D eigenvalue weighted by atomic mass is 32.1. The van der Waals surface area contributed by atoms with Gasteiger partial charge in [-0.05, 0) is 55.7 Å². The lowest BCUT2D eigenvalue weighted by Gasteiger charge is -2.25. The maximum atomic E-state index is 11.5. The van der Waals surface area contributed by atoms with Gasteiger partial charge < -0.3 is 10.4 Å². The van der Waals surface area contributed by atoms with E-state index in [2.05, 4.69) is 27.0 Å². The zero-order valence-corrected chi connectivity index (χ0v) is 12.8. The summed E-state index contributed by atoms with van der Waals surface area (Å²) in [7, 11) is 0. The topological polar surface area (TPSA) is 75.1 Å². The van der Waals surface area contributed by atoms with Gasteiger partial charge in [0, 0.05) is 4.88 Å². The Morgan fingerprint density at radius 3 is 3.00 bits per heavy atom. The van der Waals surface area contributed by atoms with E-state index in [1.54, 1.807) is 25.2 Å². The van der Waals surface area contributed by atoms with Crippen molar-refractivity contribution in [2.24, 2.45) is 0 Å². The van der Waals surface area contributed by atoms with E-state index in [-0.39, 0.29) is 11.6 Å². The summed E-state index contributed by atoms with van der Waals surface area (Å²) in [6.07, 6.45) is 3.19. The normalized spacial score (nSPS) is 17.3. The maximum Gasteiger partial charge on any atom is 0.339 e. The molecule has 0 aromatic carbocycles. The molecular formula is C15H17N3O2S. The molecule has 1 aliphatic carbocycles. The molecule has 0 amide bonds. The minimum Gasteiger partial charge on any atom is -0.478 e. The molecule has 1 unspecified atom stereocenters. The van der Waals surface area contributed by atoms with Crippen LogP contribution in [0, 0.1) is 13.8 Å². The Bertz CT molecular complexity index is 696. The molecule has 21 heavy (non-hydrogen) atoms. The molecule has 6 heteroatoms. The smallest absolute Gasteiger partial charge is 0.339 e. The Kier molecular flexibility index (Phi) is 3.63. The molecule has 1 atom stereocenters. The third-order valence-electron chi connectivity index (χ3n) is 4.03. The van der Waals surface area contributed by atoms with Crippen LogP contribution in [0.4, 0.5) is 5.82 Å². The minimum atomic E-state index is -0.964. The number of rotatable bonds is 3. The predicted octanol–water partition coefficient (Wildman–Crippen LogP) is 3.34. The summed E-state index contributed by atoms with van der Waals surface area (Å²) in [6.45, 7) is 3.55. The minimum absolute atomic E-state index is 0.120. The van der Waals surface area contributed by atoms with E-state index >= 15 is 0 Å². The van der Waals surface area contributed by atoms with Crippen LogP contribution >= 0.6 is 11.3 Å². The molecule has 0 aliphatic heterocycles. The van der Waals surface area contributed by atoms with Crippen molar-refractivity contribution in [3.05, 3.63) is 38.7 Å². The van der Waals surface area contributed by atoms with E-state index in [1.807, 2.05) is 0 Å². The third kappa shape index (κ3) is 2.51. The molecule has 0 saturated carbocycles. The zero-order valence-electron chi connectivity index (χ0n) is 12.0. The number of anilines is 1. The fraction of sp³-hybridized carbons (Fsp3) is 0.400. The molecule has 2 heterocycles. The first kappa shape index (κ1) is 14.0. The number of nitrogens with one attached hydrogen (secondary N) is 1. The van der Waals surface area contributed by atoms with Crippen molar-refractivity contribution in [3.8, 4) is 0 Å². The molecule has 0 radical (unpaired) electrons. The predicted molar refractivity (Wildman–Crippen MR) is 82.1 cm³/mol. The van der Waals surface area contributed by atoms with Gasteiger partial charge in [0.25, 0.3) is 0 Å². The van der Waals surface area contributed by atoms with Crippen LogP contribution in [-0.2, 0) is 6.42 Å². The highest BCUT2D eigenvalue weighted by molar-refractivity contribution is 7.10. The lowest BCUT2D eigenvalue weighted by molar-refractivity contribution is 0.0696. The number of hydrogen-bond acceptors (Lipinski definition) is 5. The molecule has 0 fully saturated rings. The van der Waals surface area contributed by atoms with E-state index in [4.69, 9.17) is 0 Å². The molecule has 0 bridgehead atoms. The fourth-order valence-electron chi connectivity index (χ4n) is 2.77. The van der Waals surface area contributed by atoms with Crippen molar-refractivity contribution < 1.29 is 9.90 Å². The number of aromatic nitrogens is 2. The highest BCUT2D eigenvalue weighted by Crippen LogP contribution is 2.36. The van der Waals surface area contributed by atoms with Gasteiger partial charge in [-0.3, -0.25) is 0 Å². The first-order valence-electron chi connectivity index (χ1n) is 6.98. The molecular weight excluding hydrogens is 286 g/mol. The Morgan fingerprint density at radius 2 is 2.24 bits per heavy atom. The van der Waals surface area contributed by atoms with Crippen molar-refractivity contribution in [1.82, 2.24) is 10.2 Å². The largest absolute Gasteiger partial charge is 0.478 e. The Labute approximate surface area is 127 Å². The summed E-state index contributed by atoms with van der Waals surface area (Å²) in [4.78, 5) is 12.9. The number of carboxylic acid groups (broad SMARTS) is 1. The van der Waals surface area contributed by atoms with Gasteiger partial charge in [-0.2, -0.15) is 5.10 Å². The van der Waals surface area contributed by atoms with Crippen LogP contribution < -0.4 is 5.32 Å². The summed E-state index contributed by atoms with van der Waals surface area (Å²) in [5, 5.41) is 23.0. The third-order valence-corrected chi connectivity index (χ3v) is 5.03. The zero-order chi connectivity index (χ0) is 15.0. The summed E-state index contributed by atoms with van der Waals surface area (Å²) in [6, 6.07) is 2.24. The van der Waals surface area contributed by atoms with Crippen LogP contribution in [0.5, 0.6) is 0 Å². The number of thiophene rings is 1. The molecule has 2 aromatic heterocycles. The molecule has 2 aromatic rings. The van der Waals surface area contributed by atoms with E-state index < -0.39 is 5.97 Å². The van der Waals surface area contributed by atoms with Crippen molar-refractivity contribution in [3.63, 3.8) is 0 Å². The van der Waals surface area contributed by atoms with E-state index in [9.17, 15) is 9.90 Å². The van der Waals surface area contributed by atoms with Crippen LogP contribution in [0.25, 0.3) is 0 Å². The quantitative estimate of drug-likeness (QED) is 0.909. The summed E-state index contributed by atoms with van der Waals surface area (Å²) in [5.41, 5.74) is 2.81. The second-order valence-electron chi connectivity index (χ2n) is 5.33. The second kappa shape index (κ2) is 5.44. The number of fused-ring (bicyclic) bond motifs is 1. The average Bonchev–Trinajstić information content (AvgIpc) is 2.92. The Morgan fingerprint density at radius 1 is 1.43 bits per heavy atom. The number of carboxylic acids is 1. The number of carbonyl (C=O) groups is 1. The molecule has 0 saturated heterocycles. The van der Waals surface area contributed by atoms with Crippen molar-refractivity contribution in [2.45, 2.75) is 39.2 Å². The lowest BCUT2D eigenvalue weighted by atomic mass is 9.94. The van der Waals surface area contributed by atoms with E-state index in [1.165, 1.54) is 10.4 Å². The second-order valence-corrected chi connectivity index (χ2v) is 6.33. The van der Waals surface area contributed by atoms with Crippen LogP contribution in [0.15, 0.2) is 11.4 Å². The van der Waals surface area contributed by atoms with Gasteiger partial charge >= 0.3 is 5.97 Å². The Balaban J connectivity index is 1.97. The molecule has 1 aliphatic rings. The lowest BCUT2D eigenvalue weighted by Crippen LogP contribution is -2.20. The van der Waals surface area contributed by atoms with Crippen molar-refractivity contribution >= 4 is 23.1 Å². The Hall–Kier alpha value is -1.95. The summed E-state index contributed by atoms with van der Waals surface area (Å²) >= 11 is 1.76. The standard InChI is InChI=1S/C15H17N3O2S/c1-8-9(2)17-18-14(13(8)15(19)20)16-11-4-3-5-12-10(11)6-7-21-12/h6-7,11H,3-5H2,1-2H3,(H,16,18)(H,19,20). The molecule has 2 N–H and O–H groups in total. The van der Waals surface area contributed by atoms with Gasteiger partial charge in [-0.1, -0.05) is 0 Å². The van der Waals surface area contributed by atoms with Crippen molar-refractivity contribution in [1.29, 1.82) is 0 Å². The number of hydrogen-bond donors (Lipinski definition) is 2. The van der Waals surface area contributed by atoms with Gasteiger partial charge in [0.2, 0.25) is 0 Å². The van der Waals surface area contributed by atoms with Crippen molar-refractivity contribution in [2.75, 3.05) is 5.32 Å². The van der Waals surface area contributed by atoms with Crippen LogP contribution in [0.1, 0.15) is 50.9 Å². The maximum absolute atomic E-state index is 11.5. The molecule has 0 spiro atoms. The summed E-state index contributed by atoms with van der Waals surface area (Å²) < 4.78 is 0. The van der Waals surface area contributed by atoms with Gasteiger partial charge in [-0.15, -0.1) is 16.4 Å². The number of aromatic carboxylic acids is 1. The van der Waals surface area contributed by atoms with Gasteiger partial charge in [0.1, 0.15) is 5.56 Å². The van der Waals surface area contributed by atoms with E-state index in [0.717, 1.165) is 19.3 Å². The summed E-state index contributed by atoms with van der Waals surface area (Å²) in [5.74, 6) is -0.594. The van der Waals surface area contributed by atoms with Crippen LogP contribution in [0.2, 0.25) is 0 Å². The monoisotopic (exact) mass is 303 g/mol. The molecule has 3 rings (SSSR count). The first-order valence-corrected chi connectivity index (χ1v) is 7.86. The fourth-order valence-corrected chi connectivity index (χ4v) is 3.76. The average molecular weight is 303 g/mol. The first-order chi connectivity index (χ1) is 10.1. The van der Waals surface area contributed by atoms with E-state index in [0.29, 0.717) is 17.1 Å². The van der Waals surface area contributed by atoms with Crippen LogP contribution in [-0.4, -0.2) is 21.3 Å². The van der Waals surface area contributed by atoms with Gasteiger partial charge in [0.05, 0.1) is 11.7 Å². The molecule has 110 valence electrons. The van der Waals surface area contributed by atoms with Gasteiger partial charge in [0.15, 0.2) is 5.82 Å². The highest BCUT2D eigenvalue weighted by Gasteiger charge is 2.25. The van der Waals surface area contributed by atoms with Crippen LogP contribution in [0.3, 0.4) is 0 Å². The molecule has 5 nitrogen and oxygen atoms in total. The number of nitrogens with zero attached hydrogens (tertiary/aromatic N) is 2. The van der Waals surface area contributed by atoms with Gasteiger partial charge in [-0.25, -0.2) is 4.79 Å². The SMILES string of the molecule is Cc1nnc(NC2CCCc3sccc32)c(C(=O)O)c1C. The number of aryl methyl sites for hydroxylation is 2.